The van der Waals surface area contributed by atoms with Crippen molar-refractivity contribution in [2.75, 3.05) is 24.6 Å². The smallest absolute Gasteiger partial charge is 0.161 e. The fourth-order valence-corrected chi connectivity index (χ4v) is 1.97. The number of benzene rings is 1. The summed E-state index contributed by atoms with van der Waals surface area (Å²) in [6, 6.07) is 6.60. The third-order valence-corrected chi connectivity index (χ3v) is 2.77. The maximum absolute atomic E-state index is 13.8. The van der Waals surface area contributed by atoms with Gasteiger partial charge in [0.1, 0.15) is 5.82 Å². The second-order valence-electron chi connectivity index (χ2n) is 3.84. The van der Waals surface area contributed by atoms with Gasteiger partial charge in [0.15, 0.2) is 6.10 Å². The van der Waals surface area contributed by atoms with Crippen molar-refractivity contribution in [3.05, 3.63) is 29.6 Å². The second-order valence-corrected chi connectivity index (χ2v) is 3.84. The standard InChI is InChI=1S/C12H13FN2O2/c13-11-3-1-2-9(8-16)12(11)15-4-5-17-10(6-14)7-15/h1-3,10,16H,4-5,7-8H2. The summed E-state index contributed by atoms with van der Waals surface area (Å²) in [5.41, 5.74) is 0.905. The van der Waals surface area contributed by atoms with Crippen LogP contribution >= 0.6 is 0 Å². The lowest BCUT2D eigenvalue weighted by molar-refractivity contribution is 0.0760. The summed E-state index contributed by atoms with van der Waals surface area (Å²) >= 11 is 0. The molecule has 0 aliphatic carbocycles. The largest absolute Gasteiger partial charge is 0.392 e. The van der Waals surface area contributed by atoms with Gasteiger partial charge in [-0.15, -0.1) is 0 Å². The molecule has 0 radical (unpaired) electrons. The van der Waals surface area contributed by atoms with E-state index >= 15 is 0 Å². The highest BCUT2D eigenvalue weighted by Gasteiger charge is 2.23. The predicted octanol–water partition coefficient (Wildman–Crippen LogP) is 1.05. The molecule has 1 aliphatic heterocycles. The number of hydrogen-bond donors (Lipinski definition) is 1. The van der Waals surface area contributed by atoms with Crippen LogP contribution in [0.3, 0.4) is 0 Å². The lowest BCUT2D eigenvalue weighted by Crippen LogP contribution is -2.42. The number of aliphatic hydroxyl groups is 1. The first-order valence-corrected chi connectivity index (χ1v) is 5.40. The molecular weight excluding hydrogens is 223 g/mol. The highest BCUT2D eigenvalue weighted by atomic mass is 19.1. The Hall–Kier alpha value is -1.64. The molecule has 1 heterocycles. The first kappa shape index (κ1) is 11.8. The number of aliphatic hydroxyl groups excluding tert-OH is 1. The minimum Gasteiger partial charge on any atom is -0.392 e. The third kappa shape index (κ3) is 2.38. The van der Waals surface area contributed by atoms with E-state index in [1.54, 1.807) is 17.0 Å². The average molecular weight is 236 g/mol. The van der Waals surface area contributed by atoms with Crippen molar-refractivity contribution in [3.8, 4) is 6.07 Å². The number of halogens is 1. The van der Waals surface area contributed by atoms with Gasteiger partial charge in [-0.3, -0.25) is 0 Å². The summed E-state index contributed by atoms with van der Waals surface area (Å²) in [5.74, 6) is -0.380. The van der Waals surface area contributed by atoms with Gasteiger partial charge in [0.2, 0.25) is 0 Å². The van der Waals surface area contributed by atoms with Crippen LogP contribution in [-0.4, -0.2) is 30.9 Å². The van der Waals surface area contributed by atoms with E-state index in [1.807, 2.05) is 6.07 Å². The van der Waals surface area contributed by atoms with Crippen molar-refractivity contribution in [3.63, 3.8) is 0 Å². The van der Waals surface area contributed by atoms with Crippen molar-refractivity contribution in [1.29, 1.82) is 5.26 Å². The van der Waals surface area contributed by atoms with E-state index in [4.69, 9.17) is 10.00 Å². The maximum Gasteiger partial charge on any atom is 0.161 e. The molecule has 1 unspecified atom stereocenters. The van der Waals surface area contributed by atoms with Gasteiger partial charge in [-0.2, -0.15) is 5.26 Å². The van der Waals surface area contributed by atoms with Gasteiger partial charge in [-0.05, 0) is 6.07 Å². The maximum atomic E-state index is 13.8. The van der Waals surface area contributed by atoms with Crippen LogP contribution < -0.4 is 4.90 Å². The highest BCUT2D eigenvalue weighted by Crippen LogP contribution is 2.26. The summed E-state index contributed by atoms with van der Waals surface area (Å²) in [6.07, 6.45) is -0.546. The van der Waals surface area contributed by atoms with Gasteiger partial charge < -0.3 is 14.7 Å². The summed E-state index contributed by atoms with van der Waals surface area (Å²) in [4.78, 5) is 1.75. The van der Waals surface area contributed by atoms with Crippen molar-refractivity contribution >= 4 is 5.69 Å². The summed E-state index contributed by atoms with van der Waals surface area (Å²) in [7, 11) is 0. The number of morpholine rings is 1. The van der Waals surface area contributed by atoms with Crippen LogP contribution in [0, 0.1) is 17.1 Å². The van der Waals surface area contributed by atoms with Gasteiger partial charge in [-0.1, -0.05) is 12.1 Å². The lowest BCUT2D eigenvalue weighted by Gasteiger charge is -2.33. The molecule has 1 saturated heterocycles. The molecule has 0 aromatic heterocycles. The van der Waals surface area contributed by atoms with E-state index in [9.17, 15) is 9.50 Å². The second kappa shape index (κ2) is 5.13. The Morgan fingerprint density at radius 2 is 2.41 bits per heavy atom. The number of rotatable bonds is 2. The normalized spacial score (nSPS) is 20.1. The molecule has 1 N–H and O–H groups in total. The third-order valence-electron chi connectivity index (χ3n) is 2.77. The van der Waals surface area contributed by atoms with Crippen molar-refractivity contribution in [2.24, 2.45) is 0 Å². The molecule has 90 valence electrons. The topological polar surface area (TPSA) is 56.5 Å². The van der Waals surface area contributed by atoms with Crippen LogP contribution in [0.25, 0.3) is 0 Å². The SMILES string of the molecule is N#CC1CN(c2c(F)cccc2CO)CCO1. The minimum absolute atomic E-state index is 0.221. The van der Waals surface area contributed by atoms with Crippen LogP contribution in [0.5, 0.6) is 0 Å². The molecule has 1 fully saturated rings. The van der Waals surface area contributed by atoms with Crippen molar-refractivity contribution < 1.29 is 14.2 Å². The first-order valence-electron chi connectivity index (χ1n) is 5.40. The lowest BCUT2D eigenvalue weighted by atomic mass is 10.1. The van der Waals surface area contributed by atoms with E-state index in [2.05, 4.69) is 0 Å². The molecule has 0 bridgehead atoms. The molecule has 17 heavy (non-hydrogen) atoms. The zero-order valence-electron chi connectivity index (χ0n) is 9.27. The number of anilines is 1. The number of nitrogens with zero attached hydrogens (tertiary/aromatic N) is 2. The van der Waals surface area contributed by atoms with Gasteiger partial charge in [0.05, 0.1) is 31.5 Å². The van der Waals surface area contributed by atoms with Gasteiger partial charge in [-0.25, -0.2) is 4.39 Å². The molecule has 1 aromatic carbocycles. The Morgan fingerprint density at radius 1 is 1.59 bits per heavy atom. The van der Waals surface area contributed by atoms with E-state index in [-0.39, 0.29) is 12.4 Å². The number of ether oxygens (including phenoxy) is 1. The zero-order valence-corrected chi connectivity index (χ0v) is 9.27. The molecule has 0 spiro atoms. The van der Waals surface area contributed by atoms with Gasteiger partial charge in [0.25, 0.3) is 0 Å². The predicted molar refractivity (Wildman–Crippen MR) is 59.9 cm³/mol. The average Bonchev–Trinajstić information content (AvgIpc) is 2.38. The molecule has 1 aliphatic rings. The number of para-hydroxylation sites is 1. The number of nitriles is 1. The molecule has 0 saturated carbocycles. The summed E-state index contributed by atoms with van der Waals surface area (Å²) < 4.78 is 19.0. The van der Waals surface area contributed by atoms with Gasteiger partial charge in [0, 0.05) is 12.1 Å². The number of hydrogen-bond acceptors (Lipinski definition) is 4. The van der Waals surface area contributed by atoms with Crippen LogP contribution in [0.15, 0.2) is 18.2 Å². The Kier molecular flexibility index (Phi) is 3.57. The van der Waals surface area contributed by atoms with Crippen LogP contribution in [0.1, 0.15) is 5.56 Å². The summed E-state index contributed by atoms with van der Waals surface area (Å²) in [6.45, 7) is 1.01. The fourth-order valence-electron chi connectivity index (χ4n) is 1.97. The molecule has 1 aromatic rings. The first-order chi connectivity index (χ1) is 8.26. The molecule has 5 heteroatoms. The highest BCUT2D eigenvalue weighted by molar-refractivity contribution is 5.55. The van der Waals surface area contributed by atoms with E-state index in [0.29, 0.717) is 30.9 Å². The van der Waals surface area contributed by atoms with E-state index in [1.165, 1.54) is 6.07 Å². The van der Waals surface area contributed by atoms with Gasteiger partial charge >= 0.3 is 0 Å². The Labute approximate surface area is 98.8 Å². The van der Waals surface area contributed by atoms with E-state index < -0.39 is 6.10 Å². The molecule has 2 rings (SSSR count). The van der Waals surface area contributed by atoms with Crippen molar-refractivity contribution in [1.82, 2.24) is 0 Å². The Morgan fingerprint density at radius 3 is 3.12 bits per heavy atom. The van der Waals surface area contributed by atoms with Crippen LogP contribution in [0.2, 0.25) is 0 Å². The Balaban J connectivity index is 2.30. The molecule has 0 amide bonds. The minimum atomic E-state index is -0.546. The van der Waals surface area contributed by atoms with Crippen LogP contribution in [0.4, 0.5) is 10.1 Å². The summed E-state index contributed by atoms with van der Waals surface area (Å²) in [5, 5.41) is 18.0. The molecular formula is C12H13FN2O2. The van der Waals surface area contributed by atoms with E-state index in [0.717, 1.165) is 0 Å². The molecule has 1 atom stereocenters. The van der Waals surface area contributed by atoms with Crippen LogP contribution in [-0.2, 0) is 11.3 Å². The Bertz CT molecular complexity index is 445. The fraction of sp³-hybridized carbons (Fsp3) is 0.417. The quantitative estimate of drug-likeness (QED) is 0.833. The zero-order chi connectivity index (χ0) is 12.3. The molecule has 4 nitrogen and oxygen atoms in total. The van der Waals surface area contributed by atoms with Crippen molar-refractivity contribution in [2.45, 2.75) is 12.7 Å². The monoisotopic (exact) mass is 236 g/mol.